The molecule has 0 aromatic rings. The number of ether oxygens (including phenoxy) is 1. The van der Waals surface area contributed by atoms with Crippen LogP contribution in [0.2, 0.25) is 0 Å². The van der Waals surface area contributed by atoms with Crippen molar-refractivity contribution < 1.29 is 14.6 Å². The van der Waals surface area contributed by atoms with Crippen molar-refractivity contribution in [2.45, 2.75) is 117 Å². The Kier molecular flexibility index (Phi) is 9.06. The predicted molar refractivity (Wildman–Crippen MR) is 137 cm³/mol. The summed E-state index contributed by atoms with van der Waals surface area (Å²) in [5, 5.41) is 9.47. The van der Waals surface area contributed by atoms with Crippen molar-refractivity contribution in [2.75, 3.05) is 0 Å². The van der Waals surface area contributed by atoms with E-state index in [9.17, 15) is 9.90 Å². The average molecular weight is 457 g/mol. The topological polar surface area (TPSA) is 46.5 Å². The Morgan fingerprint density at radius 1 is 1.15 bits per heavy atom. The highest BCUT2D eigenvalue weighted by Gasteiger charge is 2.50. The lowest BCUT2D eigenvalue weighted by molar-refractivity contribution is -0.158. The van der Waals surface area contributed by atoms with Crippen LogP contribution in [-0.4, -0.2) is 23.3 Å². The lowest BCUT2D eigenvalue weighted by Crippen LogP contribution is -2.36. The van der Waals surface area contributed by atoms with Gasteiger partial charge >= 0.3 is 5.97 Å². The van der Waals surface area contributed by atoms with Gasteiger partial charge in [0, 0.05) is 6.42 Å². The first kappa shape index (κ1) is 26.3. The molecule has 3 aliphatic carbocycles. The van der Waals surface area contributed by atoms with E-state index in [1.807, 2.05) is 0 Å². The zero-order valence-corrected chi connectivity index (χ0v) is 21.9. The molecule has 0 heterocycles. The largest absolute Gasteiger partial charge is 0.460 e. The Labute approximate surface area is 202 Å². The molecule has 0 spiro atoms. The minimum Gasteiger partial charge on any atom is -0.460 e. The second-order valence-electron chi connectivity index (χ2n) is 11.9. The van der Waals surface area contributed by atoms with E-state index in [1.165, 1.54) is 63.9 Å². The molecular formula is C30H48O3. The third kappa shape index (κ3) is 6.41. The number of esters is 1. The van der Waals surface area contributed by atoms with Gasteiger partial charge in [-0.1, -0.05) is 76.8 Å². The summed E-state index contributed by atoms with van der Waals surface area (Å²) in [5.74, 6) is 2.67. The number of hydrogen-bond acceptors (Lipinski definition) is 3. The van der Waals surface area contributed by atoms with Crippen molar-refractivity contribution in [3.05, 3.63) is 35.5 Å². The van der Waals surface area contributed by atoms with Crippen LogP contribution in [0.25, 0.3) is 0 Å². The number of allylic oxidation sites excluding steroid dienone is 4. The smallest absolute Gasteiger partial charge is 0.334 e. The lowest BCUT2D eigenvalue weighted by atomic mass is 9.60. The normalized spacial score (nSPS) is 34.5. The summed E-state index contributed by atoms with van der Waals surface area (Å²) < 4.78 is 5.50. The summed E-state index contributed by atoms with van der Waals surface area (Å²) in [5.41, 5.74) is 4.45. The monoisotopic (exact) mass is 456 g/mol. The van der Waals surface area contributed by atoms with Gasteiger partial charge in [0.15, 0.2) is 0 Å². The summed E-state index contributed by atoms with van der Waals surface area (Å²) in [4.78, 5) is 11.8. The molecule has 33 heavy (non-hydrogen) atoms. The second kappa shape index (κ2) is 11.4. The maximum absolute atomic E-state index is 11.8. The maximum atomic E-state index is 11.8. The van der Waals surface area contributed by atoms with Gasteiger partial charge in [0.05, 0.1) is 0 Å². The molecule has 3 heteroatoms. The molecule has 6 atom stereocenters. The first-order chi connectivity index (χ1) is 15.6. The highest BCUT2D eigenvalue weighted by atomic mass is 16.6. The molecule has 1 N–H and O–H groups in total. The molecule has 0 saturated heterocycles. The Bertz CT molecular complexity index is 759. The van der Waals surface area contributed by atoms with Crippen molar-refractivity contribution in [3.8, 4) is 0 Å². The molecule has 3 nitrogen and oxygen atoms in total. The van der Waals surface area contributed by atoms with Gasteiger partial charge in [-0.15, -0.1) is 0 Å². The fourth-order valence-electron chi connectivity index (χ4n) is 7.01. The number of fused-ring (bicyclic) bond motifs is 1. The molecule has 3 rings (SSSR count). The average Bonchev–Trinajstić information content (AvgIpc) is 3.11. The van der Waals surface area contributed by atoms with Gasteiger partial charge < -0.3 is 9.84 Å². The van der Waals surface area contributed by atoms with Crippen molar-refractivity contribution in [1.29, 1.82) is 0 Å². The number of carbonyl (C=O) groups excluding carboxylic acids is 1. The molecule has 0 amide bonds. The van der Waals surface area contributed by atoms with Gasteiger partial charge in [0.25, 0.3) is 0 Å². The molecule has 186 valence electrons. The molecular weight excluding hydrogens is 408 g/mol. The van der Waals surface area contributed by atoms with Gasteiger partial charge in [-0.2, -0.15) is 0 Å². The van der Waals surface area contributed by atoms with E-state index in [4.69, 9.17) is 4.74 Å². The first-order valence-electron chi connectivity index (χ1n) is 13.6. The van der Waals surface area contributed by atoms with Crippen LogP contribution in [-0.2, 0) is 9.53 Å². The third-order valence-electron chi connectivity index (χ3n) is 8.96. The second-order valence-corrected chi connectivity index (χ2v) is 11.9. The van der Waals surface area contributed by atoms with Crippen LogP contribution in [0.5, 0.6) is 0 Å². The number of aliphatic hydroxyl groups is 1. The highest BCUT2D eigenvalue weighted by Crippen LogP contribution is 2.60. The van der Waals surface area contributed by atoms with Crippen LogP contribution < -0.4 is 0 Å². The van der Waals surface area contributed by atoms with Gasteiger partial charge in [-0.3, -0.25) is 0 Å². The summed E-state index contributed by atoms with van der Waals surface area (Å²) in [6.07, 6.45) is 16.5. The lowest BCUT2D eigenvalue weighted by Gasteiger charge is -2.44. The van der Waals surface area contributed by atoms with E-state index in [1.54, 1.807) is 5.57 Å². The summed E-state index contributed by atoms with van der Waals surface area (Å²) in [6.45, 7) is 15.5. The predicted octanol–water partition coefficient (Wildman–Crippen LogP) is 7.55. The van der Waals surface area contributed by atoms with E-state index in [2.05, 4.69) is 46.4 Å². The summed E-state index contributed by atoms with van der Waals surface area (Å²) in [7, 11) is 0. The van der Waals surface area contributed by atoms with Gasteiger partial charge in [-0.05, 0) is 86.5 Å². The van der Waals surface area contributed by atoms with Crippen molar-refractivity contribution in [1.82, 2.24) is 0 Å². The van der Waals surface area contributed by atoms with E-state index in [0.717, 1.165) is 36.2 Å². The van der Waals surface area contributed by atoms with Gasteiger partial charge in [-0.25, -0.2) is 4.79 Å². The van der Waals surface area contributed by atoms with Gasteiger partial charge in [0.1, 0.15) is 12.2 Å². The van der Waals surface area contributed by atoms with Gasteiger partial charge in [0.2, 0.25) is 0 Å². The van der Waals surface area contributed by atoms with Crippen molar-refractivity contribution in [2.24, 2.45) is 29.1 Å². The zero-order valence-electron chi connectivity index (χ0n) is 21.9. The number of rotatable bonds is 8. The van der Waals surface area contributed by atoms with Crippen LogP contribution in [0.15, 0.2) is 35.5 Å². The fraction of sp³-hybridized carbons (Fsp3) is 0.767. The van der Waals surface area contributed by atoms with E-state index < -0.39 is 12.1 Å². The van der Waals surface area contributed by atoms with E-state index in [-0.39, 0.29) is 6.10 Å². The molecule has 0 unspecified atom stereocenters. The van der Waals surface area contributed by atoms with Crippen LogP contribution in [0.3, 0.4) is 0 Å². The standard InChI is InChI=1S/C30H48O3/c1-20(2)9-7-10-22(4)27-16-17-28-24(11-8-18-30(27,28)6)13-14-25-19-26(15-12-21(25)3)33-29(32)23(5)31/h13-14,20,22-23,26-28,31H,3,7-12,15-19H2,1-2,4-6H3/b24-13+,25-14-/t22-,23-,26+,27-,28+,30-/m1/s1. The Morgan fingerprint density at radius 3 is 2.61 bits per heavy atom. The maximum Gasteiger partial charge on any atom is 0.334 e. The molecule has 0 bridgehead atoms. The number of hydrogen-bond donors (Lipinski definition) is 1. The molecule has 3 saturated carbocycles. The zero-order chi connectivity index (χ0) is 24.2. The minimum absolute atomic E-state index is 0.151. The van der Waals surface area contributed by atoms with Crippen molar-refractivity contribution in [3.63, 3.8) is 0 Å². The van der Waals surface area contributed by atoms with Crippen LogP contribution >= 0.6 is 0 Å². The summed E-state index contributed by atoms with van der Waals surface area (Å²) in [6, 6.07) is 0. The Balaban J connectivity index is 1.68. The van der Waals surface area contributed by atoms with Crippen LogP contribution in [0.4, 0.5) is 0 Å². The Morgan fingerprint density at radius 2 is 1.91 bits per heavy atom. The number of aliphatic hydroxyl groups excluding tert-OH is 1. The molecule has 0 aliphatic heterocycles. The van der Waals surface area contributed by atoms with E-state index in [0.29, 0.717) is 17.8 Å². The fourth-order valence-corrected chi connectivity index (χ4v) is 7.01. The molecule has 0 aromatic heterocycles. The molecule has 0 aromatic carbocycles. The third-order valence-corrected chi connectivity index (χ3v) is 8.96. The SMILES string of the molecule is C=C1CC[C@H](OC(=O)[C@@H](C)O)C/C1=C/C=C1\CCC[C@]2(C)[C@@H]([C@H](C)CCCC(C)C)CC[C@@H]12. The summed E-state index contributed by atoms with van der Waals surface area (Å²) >= 11 is 0. The first-order valence-corrected chi connectivity index (χ1v) is 13.6. The van der Waals surface area contributed by atoms with Crippen LogP contribution in [0.1, 0.15) is 105 Å². The Hall–Kier alpha value is -1.35. The number of carbonyl (C=O) groups is 1. The minimum atomic E-state index is -1.06. The quantitative estimate of drug-likeness (QED) is 0.383. The van der Waals surface area contributed by atoms with E-state index >= 15 is 0 Å². The molecule has 3 fully saturated rings. The highest BCUT2D eigenvalue weighted by molar-refractivity contribution is 5.74. The van der Waals surface area contributed by atoms with Crippen LogP contribution in [0, 0.1) is 29.1 Å². The van der Waals surface area contributed by atoms with Crippen molar-refractivity contribution >= 4 is 5.97 Å². The molecule has 3 aliphatic rings. The molecule has 0 radical (unpaired) electrons.